The van der Waals surface area contributed by atoms with Crippen LogP contribution in [0, 0.1) is 6.92 Å². The van der Waals surface area contributed by atoms with Crippen LogP contribution in [0.25, 0.3) is 49.9 Å². The van der Waals surface area contributed by atoms with Gasteiger partial charge in [-0.05, 0) is 196 Å². The molecule has 0 aromatic carbocycles. The van der Waals surface area contributed by atoms with Gasteiger partial charge in [0.15, 0.2) is 0 Å². The average Bonchev–Trinajstić information content (AvgIpc) is 1.63. The van der Waals surface area contributed by atoms with E-state index >= 15 is 0 Å². The summed E-state index contributed by atoms with van der Waals surface area (Å²) in [4.78, 5) is 50.5. The van der Waals surface area contributed by atoms with Crippen LogP contribution in [0.4, 0.5) is 39.8 Å². The van der Waals surface area contributed by atoms with E-state index < -0.39 is 31.3 Å². The highest BCUT2D eigenvalue weighted by Gasteiger charge is 2.33. The van der Waals surface area contributed by atoms with Gasteiger partial charge in [0.2, 0.25) is 23.7 Å². The third kappa shape index (κ3) is 19.2. The Bertz CT molecular complexity index is 4330. The predicted molar refractivity (Wildman–Crippen MR) is 378 cm³/mol. The van der Waals surface area contributed by atoms with Gasteiger partial charge in [0.25, 0.3) is 11.8 Å². The number of hydrogen-bond acceptors (Lipinski definition) is 20. The minimum atomic E-state index is -4.30. The number of halogens is 5. The van der Waals surface area contributed by atoms with E-state index in [1.54, 1.807) is 62.4 Å². The van der Waals surface area contributed by atoms with E-state index in [1.165, 1.54) is 26.8 Å². The zero-order chi connectivity index (χ0) is 73.1. The fourth-order valence-electron chi connectivity index (χ4n) is 14.3. The SMILES string of the molecule is CNC(=O)c1cc(-c2cc(C3CCC(O)CC3)n3nc(N[C@@H](C)CC(F)(F)F)ncc23)ccn1.CNC(=O)c1cc(-c2cc(C3CCC(O)CC3)n3nc(N[C@@H](C)COC(F)F)ncc23)cc(C)n1.COC[C@H](C)Nc1ncc2c(-c3ccnc(OC4CCCC4)c3)cc(C3CCC(O)CC3)n2n1. The molecular formula is C73H92F5N17O8. The maximum atomic E-state index is 12.8. The summed E-state index contributed by atoms with van der Waals surface area (Å²) in [5, 5.41) is 58.3. The quantitative estimate of drug-likeness (QED) is 0.0292. The number of ether oxygens (including phenoxy) is 3. The van der Waals surface area contributed by atoms with Crippen LogP contribution < -0.4 is 31.3 Å². The smallest absolute Gasteiger partial charge is 0.391 e. The summed E-state index contributed by atoms with van der Waals surface area (Å²) in [6, 6.07) is 16.2. The molecule has 4 aliphatic carbocycles. The zero-order valence-corrected chi connectivity index (χ0v) is 59.0. The molecule has 0 spiro atoms. The molecular weight excluding hydrogens is 1340 g/mol. The summed E-state index contributed by atoms with van der Waals surface area (Å²) in [7, 11) is 4.78. The van der Waals surface area contributed by atoms with E-state index in [9.17, 15) is 46.9 Å². The van der Waals surface area contributed by atoms with Crippen molar-refractivity contribution in [3.05, 3.63) is 120 Å². The molecule has 4 fully saturated rings. The molecule has 4 saturated carbocycles. The summed E-state index contributed by atoms with van der Waals surface area (Å²) in [5.74, 6) is 1.72. The predicted octanol–water partition coefficient (Wildman–Crippen LogP) is 12.0. The van der Waals surface area contributed by atoms with Crippen LogP contribution in [-0.4, -0.2) is 176 Å². The summed E-state index contributed by atoms with van der Waals surface area (Å²) in [6.07, 6.45) is 16.8. The Morgan fingerprint density at radius 1 is 0.544 bits per heavy atom. The topological polar surface area (TPSA) is 312 Å². The van der Waals surface area contributed by atoms with Gasteiger partial charge in [0.1, 0.15) is 17.5 Å². The Morgan fingerprint density at radius 3 is 1.41 bits per heavy atom. The molecule has 103 heavy (non-hydrogen) atoms. The van der Waals surface area contributed by atoms with Crippen LogP contribution in [-0.2, 0) is 9.47 Å². The zero-order valence-electron chi connectivity index (χ0n) is 59.0. The molecule has 3 atom stereocenters. The first-order valence-corrected chi connectivity index (χ1v) is 35.5. The number of alkyl halides is 5. The minimum Gasteiger partial charge on any atom is -0.474 e. The lowest BCUT2D eigenvalue weighted by Crippen LogP contribution is -2.25. The van der Waals surface area contributed by atoms with Gasteiger partial charge in [-0.15, -0.1) is 15.3 Å². The number of carbonyl (C=O) groups is 2. The highest BCUT2D eigenvalue weighted by atomic mass is 19.4. The number of methoxy groups -OCH3 is 1. The van der Waals surface area contributed by atoms with Crippen molar-refractivity contribution < 1.29 is 61.1 Å². The number of aliphatic hydroxyl groups excluding tert-OH is 3. The number of rotatable bonds is 22. The Hall–Kier alpha value is -9.10. The summed E-state index contributed by atoms with van der Waals surface area (Å²) >= 11 is 0. The number of amides is 2. The van der Waals surface area contributed by atoms with Crippen LogP contribution in [0.5, 0.6) is 5.88 Å². The van der Waals surface area contributed by atoms with E-state index in [1.807, 2.05) is 59.5 Å². The fraction of sp³-hybridized carbons (Fsp3) is 0.521. The van der Waals surface area contributed by atoms with Gasteiger partial charge in [0, 0.05) is 115 Å². The molecule has 30 heteroatoms. The number of hydrogen-bond donors (Lipinski definition) is 8. The Kier molecular flexibility index (Phi) is 24.8. The van der Waals surface area contributed by atoms with Gasteiger partial charge in [0.05, 0.1) is 73.1 Å². The summed E-state index contributed by atoms with van der Waals surface area (Å²) < 4.78 is 84.5. The van der Waals surface area contributed by atoms with E-state index in [0.717, 1.165) is 126 Å². The van der Waals surface area contributed by atoms with Crippen LogP contribution in [0.2, 0.25) is 0 Å². The van der Waals surface area contributed by atoms with Gasteiger partial charge in [-0.25, -0.2) is 38.5 Å². The van der Waals surface area contributed by atoms with Gasteiger partial charge in [-0.3, -0.25) is 14.6 Å². The van der Waals surface area contributed by atoms with E-state index in [2.05, 4.69) is 83.6 Å². The Morgan fingerprint density at radius 2 is 0.961 bits per heavy atom. The standard InChI is InChI=1S/C26H35N5O3.C24H30F2N6O3.C23H27F3N6O2/c1-17(16-33-2)29-26-28-15-24-22(14-23(31(24)30-26)18-7-9-20(32)10-8-18)19-11-12-27-25(13-19)34-21-5-3-4-6-21;1-13-8-16(9-19(29-13)22(34)27-3)18-10-20(15-4-6-17(33)7-5-15)32-21(18)11-28-24(31-32)30-14(2)12-35-23(25)26;1-13(11-23(24,25)26)30-22-29-12-20-17(15-7-8-28-18(9-15)21(34)27-2)10-19(32(20)31-22)14-3-5-16(33)6-4-14/h11-15,17-18,20-21,32H,3-10,16H2,1-2H3,(H,29,30);8-11,14-15,17,23,33H,4-7,12H2,1-3H3,(H,27,34)(H,30,31);7-10,12-14,16,33H,3-6,11H2,1-2H3,(H,27,34)(H,30,31)/t17-,18?,20?;14-,15?,17?;13-,14?,16?/m000/s1. The van der Waals surface area contributed by atoms with Crippen LogP contribution >= 0.6 is 0 Å². The number of aliphatic hydroxyl groups is 3. The second kappa shape index (κ2) is 34.0. The third-order valence-electron chi connectivity index (χ3n) is 19.4. The fourth-order valence-corrected chi connectivity index (χ4v) is 14.3. The van der Waals surface area contributed by atoms with E-state index in [0.29, 0.717) is 72.9 Å². The largest absolute Gasteiger partial charge is 0.474 e. The lowest BCUT2D eigenvalue weighted by molar-refractivity contribution is -0.136. The molecule has 0 saturated heterocycles. The molecule has 9 heterocycles. The molecule has 0 aliphatic heterocycles. The molecule has 0 radical (unpaired) electrons. The number of fused-ring (bicyclic) bond motifs is 3. The second-order valence-corrected chi connectivity index (χ2v) is 27.5. The molecule has 2 amide bonds. The number of carbonyl (C=O) groups excluding carboxylic acids is 2. The lowest BCUT2D eigenvalue weighted by atomic mass is 9.85. The van der Waals surface area contributed by atoms with Crippen molar-refractivity contribution in [2.45, 2.75) is 210 Å². The first-order valence-electron chi connectivity index (χ1n) is 35.5. The van der Waals surface area contributed by atoms with Gasteiger partial charge < -0.3 is 56.1 Å². The summed E-state index contributed by atoms with van der Waals surface area (Å²) in [5.41, 5.74) is 12.1. The number of pyridine rings is 3. The monoisotopic (exact) mass is 1430 g/mol. The van der Waals surface area contributed by atoms with E-state index in [4.69, 9.17) is 14.6 Å². The Labute approximate surface area is 593 Å². The van der Waals surface area contributed by atoms with Crippen molar-refractivity contribution in [3.8, 4) is 39.3 Å². The highest BCUT2D eigenvalue weighted by molar-refractivity contribution is 5.95. The maximum absolute atomic E-state index is 12.8. The molecule has 0 unspecified atom stereocenters. The number of aromatic nitrogens is 12. The highest BCUT2D eigenvalue weighted by Crippen LogP contribution is 2.42. The number of aryl methyl sites for hydroxylation is 1. The first-order chi connectivity index (χ1) is 49.5. The normalized spacial score (nSPS) is 20.3. The molecule has 13 rings (SSSR count). The number of nitrogens with one attached hydrogen (secondary N) is 5. The molecule has 4 aliphatic rings. The van der Waals surface area contributed by atoms with Crippen molar-refractivity contribution in [1.82, 2.24) is 69.4 Å². The lowest BCUT2D eigenvalue weighted by Gasteiger charge is -2.25. The van der Waals surface area contributed by atoms with Crippen molar-refractivity contribution in [1.29, 1.82) is 0 Å². The molecule has 552 valence electrons. The second-order valence-electron chi connectivity index (χ2n) is 27.5. The Balaban J connectivity index is 0.000000155. The number of anilines is 3. The van der Waals surface area contributed by atoms with Crippen molar-refractivity contribution in [2.24, 2.45) is 0 Å². The molecule has 0 bridgehead atoms. The van der Waals surface area contributed by atoms with Crippen LogP contribution in [0.3, 0.4) is 0 Å². The molecule has 9 aromatic rings. The van der Waals surface area contributed by atoms with Gasteiger partial charge >= 0.3 is 12.8 Å². The number of nitrogens with zero attached hydrogens (tertiary/aromatic N) is 12. The van der Waals surface area contributed by atoms with Crippen molar-refractivity contribution >= 4 is 46.2 Å². The molecule has 8 N–H and O–H groups in total. The van der Waals surface area contributed by atoms with Crippen molar-refractivity contribution in [2.75, 3.05) is 50.4 Å². The molecule has 25 nitrogen and oxygen atoms in total. The third-order valence-corrected chi connectivity index (χ3v) is 19.4. The van der Waals surface area contributed by atoms with Crippen LogP contribution in [0.15, 0.2) is 85.6 Å². The first kappa shape index (κ1) is 75.1. The average molecular weight is 1430 g/mol. The van der Waals surface area contributed by atoms with Crippen molar-refractivity contribution in [3.63, 3.8) is 0 Å². The minimum absolute atomic E-state index is 0.0984. The van der Waals surface area contributed by atoms with Gasteiger partial charge in [-0.2, -0.15) is 22.0 Å². The molecule has 9 aromatic heterocycles. The summed E-state index contributed by atoms with van der Waals surface area (Å²) in [6.45, 7) is 4.56. The van der Waals surface area contributed by atoms with E-state index in [-0.39, 0.29) is 72.4 Å². The maximum Gasteiger partial charge on any atom is 0.391 e. The van der Waals surface area contributed by atoms with Gasteiger partial charge in [-0.1, -0.05) is 0 Å². The van der Waals surface area contributed by atoms with Crippen LogP contribution in [0.1, 0.15) is 191 Å².